The number of quaternary nitrogens is 1. The Morgan fingerprint density at radius 1 is 0.743 bits per heavy atom. The molecule has 0 radical (unpaired) electrons. The van der Waals surface area contributed by atoms with Gasteiger partial charge in [-0.25, -0.2) is 8.42 Å². The van der Waals surface area contributed by atoms with Crippen molar-refractivity contribution in [1.82, 2.24) is 0 Å². The van der Waals surface area contributed by atoms with E-state index in [9.17, 15) is 18.1 Å². The smallest absolute Gasteiger partial charge is 0.187 e. The monoisotopic (exact) mass is 513 g/mol. The Hall–Kier alpha value is -0.950. The number of hydrogen-bond acceptors (Lipinski definition) is 4. The van der Waals surface area contributed by atoms with Crippen molar-refractivity contribution in [2.75, 3.05) is 20.6 Å². The summed E-state index contributed by atoms with van der Waals surface area (Å²) >= 11 is 0. The maximum absolute atomic E-state index is 10.4. The summed E-state index contributed by atoms with van der Waals surface area (Å²) in [5.74, 6) is 0. The quantitative estimate of drug-likeness (QED) is 0.0896. The van der Waals surface area contributed by atoms with Crippen molar-refractivity contribution in [1.29, 1.82) is 0 Å². The molecule has 1 aromatic carbocycles. The molecule has 0 saturated heterocycles. The van der Waals surface area contributed by atoms with Crippen molar-refractivity contribution < 1.29 is 22.6 Å². The van der Waals surface area contributed by atoms with Gasteiger partial charge in [0.25, 0.3) is 0 Å². The SMILES string of the molecule is CCCCCCCCCCCCCCCCCC[N+](C)(C)C(C)O.Cc1ccc(S(=O)(=O)[O-])cc1. The lowest BCUT2D eigenvalue weighted by Gasteiger charge is -2.32. The molecule has 0 aliphatic rings. The maximum Gasteiger partial charge on any atom is 0.187 e. The fraction of sp³-hybridized carbons (Fsp3) is 0.793. The zero-order valence-corrected chi connectivity index (χ0v) is 24.3. The Kier molecular flexibility index (Phi) is 19.6. The number of rotatable bonds is 19. The molecular weight excluding hydrogens is 458 g/mol. The average Bonchev–Trinajstić information content (AvgIpc) is 2.79. The van der Waals surface area contributed by atoms with Gasteiger partial charge < -0.3 is 14.1 Å². The molecule has 6 heteroatoms. The molecule has 0 aromatic heterocycles. The highest BCUT2D eigenvalue weighted by Gasteiger charge is 2.20. The van der Waals surface area contributed by atoms with Gasteiger partial charge in [-0.05, 0) is 31.9 Å². The lowest BCUT2D eigenvalue weighted by Crippen LogP contribution is -2.47. The third-order valence-corrected chi connectivity index (χ3v) is 7.76. The van der Waals surface area contributed by atoms with Crippen LogP contribution in [-0.2, 0) is 10.1 Å². The fourth-order valence-corrected chi connectivity index (χ4v) is 4.43. The van der Waals surface area contributed by atoms with Gasteiger partial charge in [0.05, 0.1) is 25.5 Å². The topological polar surface area (TPSA) is 77.4 Å². The van der Waals surface area contributed by atoms with E-state index in [1.807, 2.05) is 13.8 Å². The molecule has 0 bridgehead atoms. The number of hydrogen-bond donors (Lipinski definition) is 1. The van der Waals surface area contributed by atoms with Crippen molar-refractivity contribution in [3.63, 3.8) is 0 Å². The van der Waals surface area contributed by atoms with Crippen molar-refractivity contribution in [3.05, 3.63) is 29.8 Å². The Bertz CT molecular complexity index is 715. The van der Waals surface area contributed by atoms with Crippen molar-refractivity contribution in [2.24, 2.45) is 0 Å². The van der Waals surface area contributed by atoms with E-state index in [-0.39, 0.29) is 11.1 Å². The number of benzene rings is 1. The first-order valence-corrected chi connectivity index (χ1v) is 15.4. The van der Waals surface area contributed by atoms with Crippen LogP contribution in [0, 0.1) is 6.92 Å². The van der Waals surface area contributed by atoms with Gasteiger partial charge in [0.1, 0.15) is 10.1 Å². The van der Waals surface area contributed by atoms with Gasteiger partial charge in [-0.15, -0.1) is 0 Å². The summed E-state index contributed by atoms with van der Waals surface area (Å²) in [7, 11) is -0.0278. The zero-order chi connectivity index (χ0) is 26.6. The summed E-state index contributed by atoms with van der Waals surface area (Å²) in [6, 6.07) is 5.78. The van der Waals surface area contributed by atoms with E-state index in [1.165, 1.54) is 115 Å². The molecule has 35 heavy (non-hydrogen) atoms. The summed E-state index contributed by atoms with van der Waals surface area (Å²) in [6.45, 7) is 7.10. The highest BCUT2D eigenvalue weighted by Crippen LogP contribution is 2.14. The third-order valence-electron chi connectivity index (χ3n) is 6.91. The first-order chi connectivity index (χ1) is 16.5. The lowest BCUT2D eigenvalue weighted by atomic mass is 10.0. The van der Waals surface area contributed by atoms with E-state index in [0.717, 1.165) is 16.6 Å². The van der Waals surface area contributed by atoms with Crippen molar-refractivity contribution >= 4 is 10.1 Å². The normalized spacial score (nSPS) is 12.8. The van der Waals surface area contributed by atoms with Crippen LogP contribution in [0.1, 0.15) is 122 Å². The predicted molar refractivity (Wildman–Crippen MR) is 147 cm³/mol. The second kappa shape index (κ2) is 20.1. The van der Waals surface area contributed by atoms with E-state index in [0.29, 0.717) is 0 Å². The van der Waals surface area contributed by atoms with Crippen LogP contribution in [0.25, 0.3) is 0 Å². The standard InChI is InChI=1S/C22H48NO.C7H8O3S/c1-5-6-7-8-9-10-11-12-13-14-15-16-17-18-19-20-21-23(3,4)22(2)24;1-6-2-4-7(5-3-6)11(8,9)10/h22,24H,5-21H2,1-4H3;2-5H,1H3,(H,8,9,10)/q+1;/p-1. The van der Waals surface area contributed by atoms with Crippen molar-refractivity contribution in [2.45, 2.75) is 135 Å². The van der Waals surface area contributed by atoms with Crippen LogP contribution in [0.2, 0.25) is 0 Å². The van der Waals surface area contributed by atoms with Gasteiger partial charge in [-0.3, -0.25) is 0 Å². The molecule has 1 rings (SSSR count). The Balaban J connectivity index is 0.000000867. The second-order valence-corrected chi connectivity index (χ2v) is 12.1. The molecule has 1 N–H and O–H groups in total. The van der Waals surface area contributed by atoms with E-state index in [2.05, 4.69) is 21.0 Å². The van der Waals surface area contributed by atoms with E-state index in [4.69, 9.17) is 0 Å². The molecule has 0 heterocycles. The molecule has 1 atom stereocenters. The average molecular weight is 514 g/mol. The molecule has 5 nitrogen and oxygen atoms in total. The Morgan fingerprint density at radius 3 is 1.40 bits per heavy atom. The summed E-state index contributed by atoms with van der Waals surface area (Å²) in [6.07, 6.45) is 22.4. The highest BCUT2D eigenvalue weighted by atomic mass is 32.2. The van der Waals surface area contributed by atoms with Crippen molar-refractivity contribution in [3.8, 4) is 0 Å². The number of aliphatic hydroxyl groups excluding tert-OH is 1. The number of aryl methyl sites for hydroxylation is 1. The van der Waals surface area contributed by atoms with Gasteiger partial charge >= 0.3 is 0 Å². The van der Waals surface area contributed by atoms with Crippen LogP contribution in [0.5, 0.6) is 0 Å². The number of unbranched alkanes of at least 4 members (excludes halogenated alkanes) is 15. The molecule has 0 saturated carbocycles. The lowest BCUT2D eigenvalue weighted by molar-refractivity contribution is -0.934. The zero-order valence-electron chi connectivity index (χ0n) is 23.4. The largest absolute Gasteiger partial charge is 0.744 e. The maximum atomic E-state index is 10.4. The van der Waals surface area contributed by atoms with Crippen LogP contribution in [0.4, 0.5) is 0 Å². The van der Waals surface area contributed by atoms with Gasteiger partial charge in [-0.2, -0.15) is 0 Å². The third kappa shape index (κ3) is 19.9. The minimum absolute atomic E-state index is 0.178. The molecule has 1 aromatic rings. The second-order valence-electron chi connectivity index (χ2n) is 10.7. The Labute approximate surface area is 217 Å². The predicted octanol–water partition coefficient (Wildman–Crippen LogP) is 7.56. The van der Waals surface area contributed by atoms with Gasteiger partial charge in [-0.1, -0.05) is 115 Å². The first-order valence-electron chi connectivity index (χ1n) is 14.0. The minimum Gasteiger partial charge on any atom is -0.744 e. The molecule has 0 aliphatic heterocycles. The fourth-order valence-electron chi connectivity index (χ4n) is 3.96. The van der Waals surface area contributed by atoms with E-state index >= 15 is 0 Å². The summed E-state index contributed by atoms with van der Waals surface area (Å²) in [5.41, 5.74) is 0.928. The van der Waals surface area contributed by atoms with Gasteiger partial charge in [0, 0.05) is 6.92 Å². The van der Waals surface area contributed by atoms with Gasteiger partial charge in [0.2, 0.25) is 0 Å². The summed E-state index contributed by atoms with van der Waals surface area (Å²) in [5, 5.41) is 9.68. The van der Waals surface area contributed by atoms with Crippen LogP contribution < -0.4 is 0 Å². The van der Waals surface area contributed by atoms with E-state index < -0.39 is 10.1 Å². The summed E-state index contributed by atoms with van der Waals surface area (Å²) < 4.78 is 31.9. The molecule has 0 fully saturated rings. The molecule has 0 amide bonds. The van der Waals surface area contributed by atoms with Gasteiger partial charge in [0.15, 0.2) is 6.23 Å². The number of aliphatic hydroxyl groups is 1. The van der Waals surface area contributed by atoms with E-state index in [1.54, 1.807) is 12.1 Å². The Morgan fingerprint density at radius 2 is 1.09 bits per heavy atom. The van der Waals surface area contributed by atoms with Crippen LogP contribution in [0.15, 0.2) is 29.2 Å². The molecular formula is C29H55NO4S. The molecule has 206 valence electrons. The van der Waals surface area contributed by atoms with Crippen LogP contribution in [-0.4, -0.2) is 49.4 Å². The summed E-state index contributed by atoms with van der Waals surface area (Å²) in [4.78, 5) is -0.178. The molecule has 1 unspecified atom stereocenters. The minimum atomic E-state index is -4.27. The van der Waals surface area contributed by atoms with Crippen LogP contribution in [0.3, 0.4) is 0 Å². The number of nitrogens with zero attached hydrogens (tertiary/aromatic N) is 1. The highest BCUT2D eigenvalue weighted by molar-refractivity contribution is 7.85. The first kappa shape index (κ1) is 34.0. The molecule has 0 spiro atoms. The van der Waals surface area contributed by atoms with Crippen LogP contribution >= 0.6 is 0 Å². The molecule has 0 aliphatic carbocycles.